The summed E-state index contributed by atoms with van der Waals surface area (Å²) in [6.07, 6.45) is 2.98. The molecule has 0 spiro atoms. The Bertz CT molecular complexity index is 1410. The van der Waals surface area contributed by atoms with Crippen molar-refractivity contribution in [2.75, 3.05) is 10.7 Å². The fourth-order valence-electron chi connectivity index (χ4n) is 3.30. The number of aromatic nitrogens is 3. The molecule has 0 saturated carbocycles. The summed E-state index contributed by atoms with van der Waals surface area (Å²) in [6.45, 7) is 1.46. The number of aromatic amines is 1. The van der Waals surface area contributed by atoms with Crippen LogP contribution in [0.1, 0.15) is 5.69 Å². The second-order valence-corrected chi connectivity index (χ2v) is 6.62. The molecule has 0 amide bonds. The topological polar surface area (TPSA) is 123 Å². The highest BCUT2D eigenvalue weighted by Gasteiger charge is 2.22. The van der Waals surface area contributed by atoms with Gasteiger partial charge in [0, 0.05) is 34.8 Å². The van der Waals surface area contributed by atoms with Gasteiger partial charge in [0.25, 0.3) is 5.56 Å². The third-order valence-electron chi connectivity index (χ3n) is 4.72. The van der Waals surface area contributed by atoms with E-state index < -0.39 is 22.9 Å². The first kappa shape index (κ1) is 19.3. The molecule has 30 heavy (non-hydrogen) atoms. The Morgan fingerprint density at radius 2 is 1.80 bits per heavy atom. The van der Waals surface area contributed by atoms with Crippen molar-refractivity contribution in [1.29, 1.82) is 0 Å². The molecule has 5 N–H and O–H groups in total. The SMILES string of the molecule is Cc1[nH]c(=O)n(-c2cncc3ccccc23)c(=O)c1N(N)c1cc(F)c(F)cc1N. The number of pyridine rings is 1. The van der Waals surface area contributed by atoms with E-state index >= 15 is 0 Å². The monoisotopic (exact) mass is 410 g/mol. The van der Waals surface area contributed by atoms with Gasteiger partial charge in [-0.3, -0.25) is 14.8 Å². The fraction of sp³-hybridized carbons (Fsp3) is 0.0500. The number of nitrogens with one attached hydrogen (secondary N) is 1. The highest BCUT2D eigenvalue weighted by atomic mass is 19.2. The number of rotatable bonds is 3. The van der Waals surface area contributed by atoms with Crippen molar-refractivity contribution in [2.45, 2.75) is 6.92 Å². The molecule has 10 heteroatoms. The summed E-state index contributed by atoms with van der Waals surface area (Å²) in [4.78, 5) is 32.6. The van der Waals surface area contributed by atoms with Crippen LogP contribution >= 0.6 is 0 Å². The second kappa shape index (κ2) is 7.08. The van der Waals surface area contributed by atoms with Crippen molar-refractivity contribution in [3.8, 4) is 5.69 Å². The molecule has 0 aliphatic rings. The Balaban J connectivity index is 1.99. The zero-order chi connectivity index (χ0) is 21.6. The first-order valence-corrected chi connectivity index (χ1v) is 8.78. The van der Waals surface area contributed by atoms with Crippen molar-refractivity contribution < 1.29 is 8.78 Å². The number of nitrogen functional groups attached to an aromatic ring is 1. The van der Waals surface area contributed by atoms with E-state index in [1.54, 1.807) is 30.5 Å². The predicted octanol–water partition coefficient (Wildman–Crippen LogP) is 2.25. The smallest absolute Gasteiger partial charge is 0.333 e. The molecule has 0 aliphatic carbocycles. The zero-order valence-electron chi connectivity index (χ0n) is 15.7. The largest absolute Gasteiger partial charge is 0.397 e. The molecule has 0 bridgehead atoms. The lowest BCUT2D eigenvalue weighted by atomic mass is 10.1. The van der Waals surface area contributed by atoms with Crippen LogP contribution in [0, 0.1) is 18.6 Å². The molecular weight excluding hydrogens is 394 g/mol. The van der Waals surface area contributed by atoms with Crippen LogP contribution in [0.25, 0.3) is 16.5 Å². The van der Waals surface area contributed by atoms with Crippen molar-refractivity contribution in [1.82, 2.24) is 14.5 Å². The van der Waals surface area contributed by atoms with E-state index in [1.165, 1.54) is 13.1 Å². The summed E-state index contributed by atoms with van der Waals surface area (Å²) in [7, 11) is 0. The minimum atomic E-state index is -1.18. The molecule has 2 aromatic carbocycles. The number of nitrogens with two attached hydrogens (primary N) is 2. The second-order valence-electron chi connectivity index (χ2n) is 6.62. The molecule has 152 valence electrons. The number of fused-ring (bicyclic) bond motifs is 1. The number of halogens is 2. The maximum Gasteiger partial charge on any atom is 0.333 e. The summed E-state index contributed by atoms with van der Waals surface area (Å²) in [5.41, 5.74) is 4.17. The van der Waals surface area contributed by atoms with E-state index in [4.69, 9.17) is 11.6 Å². The van der Waals surface area contributed by atoms with Crippen LogP contribution in [0.5, 0.6) is 0 Å². The third kappa shape index (κ3) is 2.99. The van der Waals surface area contributed by atoms with Gasteiger partial charge in [-0.15, -0.1) is 0 Å². The Morgan fingerprint density at radius 3 is 2.57 bits per heavy atom. The Kier molecular flexibility index (Phi) is 4.55. The molecule has 0 aliphatic heterocycles. The maximum atomic E-state index is 13.8. The van der Waals surface area contributed by atoms with Crippen LogP contribution in [0.3, 0.4) is 0 Å². The summed E-state index contributed by atoms with van der Waals surface area (Å²) >= 11 is 0. The first-order valence-electron chi connectivity index (χ1n) is 8.78. The van der Waals surface area contributed by atoms with Gasteiger partial charge in [0.05, 0.1) is 23.3 Å². The van der Waals surface area contributed by atoms with Gasteiger partial charge in [-0.05, 0) is 6.92 Å². The molecule has 4 rings (SSSR count). The van der Waals surface area contributed by atoms with Crippen LogP contribution in [-0.2, 0) is 0 Å². The minimum Gasteiger partial charge on any atom is -0.397 e. The van der Waals surface area contributed by atoms with E-state index in [-0.39, 0.29) is 28.4 Å². The van der Waals surface area contributed by atoms with Crippen LogP contribution < -0.4 is 27.8 Å². The van der Waals surface area contributed by atoms with E-state index in [0.717, 1.165) is 27.1 Å². The van der Waals surface area contributed by atoms with E-state index in [9.17, 15) is 18.4 Å². The molecule has 8 nitrogen and oxygen atoms in total. The molecule has 0 saturated heterocycles. The third-order valence-corrected chi connectivity index (χ3v) is 4.72. The fourth-order valence-corrected chi connectivity index (χ4v) is 3.30. The number of H-pyrrole nitrogens is 1. The van der Waals surface area contributed by atoms with Gasteiger partial charge in [-0.1, -0.05) is 24.3 Å². The number of benzene rings is 2. The maximum absolute atomic E-state index is 13.8. The molecular formula is C20H16F2N6O2. The van der Waals surface area contributed by atoms with E-state index in [1.807, 2.05) is 0 Å². The number of hydrogen-bond acceptors (Lipinski definition) is 6. The van der Waals surface area contributed by atoms with Crippen LogP contribution in [0.15, 0.2) is 58.4 Å². The van der Waals surface area contributed by atoms with Crippen molar-refractivity contribution in [3.05, 3.63) is 87.0 Å². The lowest BCUT2D eigenvalue weighted by molar-refractivity contribution is 0.509. The number of anilines is 3. The van der Waals surface area contributed by atoms with Crippen molar-refractivity contribution in [3.63, 3.8) is 0 Å². The van der Waals surface area contributed by atoms with Crippen molar-refractivity contribution in [2.24, 2.45) is 5.84 Å². The molecule has 0 unspecified atom stereocenters. The molecule has 0 radical (unpaired) electrons. The molecule has 2 aromatic heterocycles. The Morgan fingerprint density at radius 1 is 1.10 bits per heavy atom. The normalized spacial score (nSPS) is 11.1. The highest BCUT2D eigenvalue weighted by Crippen LogP contribution is 2.29. The molecule has 0 atom stereocenters. The van der Waals surface area contributed by atoms with Crippen LogP contribution in [0.2, 0.25) is 0 Å². The molecule has 0 fully saturated rings. The van der Waals surface area contributed by atoms with Gasteiger partial charge >= 0.3 is 5.69 Å². The number of hydrogen-bond donors (Lipinski definition) is 3. The number of hydrazine groups is 1. The quantitative estimate of drug-likeness (QED) is 0.270. The van der Waals surface area contributed by atoms with Gasteiger partial charge in [0.2, 0.25) is 0 Å². The van der Waals surface area contributed by atoms with E-state index in [0.29, 0.717) is 5.39 Å². The van der Waals surface area contributed by atoms with Gasteiger partial charge in [-0.25, -0.2) is 24.0 Å². The average molecular weight is 410 g/mol. The lowest BCUT2D eigenvalue weighted by Crippen LogP contribution is -2.41. The van der Waals surface area contributed by atoms with Crippen LogP contribution in [-0.4, -0.2) is 14.5 Å². The highest BCUT2D eigenvalue weighted by molar-refractivity contribution is 5.89. The zero-order valence-corrected chi connectivity index (χ0v) is 15.7. The Labute approximate surface area is 168 Å². The van der Waals surface area contributed by atoms with Gasteiger partial charge < -0.3 is 10.7 Å². The summed E-state index contributed by atoms with van der Waals surface area (Å²) in [5.74, 6) is 3.72. The number of nitrogens with zero attached hydrogens (tertiary/aromatic N) is 3. The van der Waals surface area contributed by atoms with Crippen LogP contribution in [0.4, 0.5) is 25.8 Å². The standard InChI is InChI=1S/C20H16F2N6O2/c1-10-18(28(24)16-7-14(22)13(21)6-15(16)23)19(29)27(20(30)26-10)17-9-25-8-11-4-2-3-5-12(11)17/h2-9H,23-24H2,1H3,(H,26,30). The van der Waals surface area contributed by atoms with E-state index in [2.05, 4.69) is 9.97 Å². The molecule has 4 aromatic rings. The number of aryl methyl sites for hydroxylation is 1. The predicted molar refractivity (Wildman–Crippen MR) is 110 cm³/mol. The van der Waals surface area contributed by atoms with Crippen molar-refractivity contribution >= 4 is 27.8 Å². The van der Waals surface area contributed by atoms with Gasteiger partial charge in [0.1, 0.15) is 5.69 Å². The summed E-state index contributed by atoms with van der Waals surface area (Å²) in [6, 6.07) is 8.63. The van der Waals surface area contributed by atoms with Gasteiger partial charge in [-0.2, -0.15) is 0 Å². The lowest BCUT2D eigenvalue weighted by Gasteiger charge is -2.22. The van der Waals surface area contributed by atoms with Gasteiger partial charge in [0.15, 0.2) is 11.6 Å². The average Bonchev–Trinajstić information content (AvgIpc) is 2.70. The Hall–Kier alpha value is -4.05. The first-order chi connectivity index (χ1) is 14.3. The molecule has 2 heterocycles. The minimum absolute atomic E-state index is 0.126. The summed E-state index contributed by atoms with van der Waals surface area (Å²) in [5, 5.41) is 2.16. The summed E-state index contributed by atoms with van der Waals surface area (Å²) < 4.78 is 28.1.